The summed E-state index contributed by atoms with van der Waals surface area (Å²) in [6, 6.07) is 0. The van der Waals surface area contributed by atoms with Crippen LogP contribution in [0.25, 0.3) is 0 Å². The maximum Gasteiger partial charge on any atom is 0.227 e. The van der Waals surface area contributed by atoms with E-state index in [0.717, 1.165) is 0 Å². The third kappa shape index (κ3) is 2.17. The fourth-order valence-corrected chi connectivity index (χ4v) is 3.47. The maximum atomic E-state index is 12.3. The predicted molar refractivity (Wildman–Crippen MR) is 64.8 cm³/mol. The third-order valence-electron chi connectivity index (χ3n) is 2.81. The molecule has 0 aliphatic rings. The topological polar surface area (TPSA) is 78.0 Å². The fraction of sp³-hybridized carbons (Fsp3) is 0.455. The minimum Gasteiger partial charge on any atom is -0.361 e. The van der Waals surface area contributed by atoms with E-state index in [1.807, 2.05) is 6.92 Å². The largest absolute Gasteiger partial charge is 0.361 e. The van der Waals surface area contributed by atoms with Gasteiger partial charge in [0, 0.05) is 24.5 Å². The number of aromatic nitrogens is 3. The molecule has 0 saturated heterocycles. The quantitative estimate of drug-likeness (QED) is 0.840. The van der Waals surface area contributed by atoms with Gasteiger partial charge in [0.15, 0.2) is 0 Å². The van der Waals surface area contributed by atoms with Gasteiger partial charge in [0.2, 0.25) is 15.0 Å². The summed E-state index contributed by atoms with van der Waals surface area (Å²) in [5.41, 5.74) is 1.21. The maximum absolute atomic E-state index is 12.3. The molecule has 0 spiro atoms. The van der Waals surface area contributed by atoms with Crippen molar-refractivity contribution in [2.75, 3.05) is 0 Å². The van der Waals surface area contributed by atoms with E-state index >= 15 is 0 Å². The molecule has 2 aromatic heterocycles. The van der Waals surface area contributed by atoms with Gasteiger partial charge in [-0.25, -0.2) is 13.4 Å². The Bertz CT molecular complexity index is 635. The number of hydrogen-bond acceptors (Lipinski definition) is 5. The number of imidazole rings is 1. The summed E-state index contributed by atoms with van der Waals surface area (Å²) in [6.45, 7) is 5.87. The summed E-state index contributed by atoms with van der Waals surface area (Å²) in [5, 5.41) is 3.85. The van der Waals surface area contributed by atoms with Crippen molar-refractivity contribution in [3.8, 4) is 0 Å². The molecule has 0 aliphatic heterocycles. The smallest absolute Gasteiger partial charge is 0.227 e. The highest BCUT2D eigenvalue weighted by molar-refractivity contribution is 7.90. The molecule has 7 heteroatoms. The molecule has 0 aliphatic carbocycles. The molecule has 0 fully saturated rings. The summed E-state index contributed by atoms with van der Waals surface area (Å²) >= 11 is 0. The molecule has 0 amide bonds. The summed E-state index contributed by atoms with van der Waals surface area (Å²) in [4.78, 5) is 3.92. The van der Waals surface area contributed by atoms with Crippen molar-refractivity contribution in [1.82, 2.24) is 14.7 Å². The van der Waals surface area contributed by atoms with Gasteiger partial charge in [-0.2, -0.15) is 0 Å². The molecule has 2 rings (SSSR count). The van der Waals surface area contributed by atoms with Crippen LogP contribution in [0.4, 0.5) is 0 Å². The standard InChI is InChI=1S/C11H15N3O3S/c1-4-14-6-5-12-11(14)18(15,16)7-10-8(2)13-17-9(10)3/h5-6H,4,7H2,1-3H3. The van der Waals surface area contributed by atoms with E-state index in [1.54, 1.807) is 24.6 Å². The fourth-order valence-electron chi connectivity index (χ4n) is 1.78. The molecule has 0 bridgehead atoms. The molecular weight excluding hydrogens is 254 g/mol. The van der Waals surface area contributed by atoms with E-state index in [1.165, 1.54) is 6.20 Å². The lowest BCUT2D eigenvalue weighted by Gasteiger charge is -2.05. The lowest BCUT2D eigenvalue weighted by Crippen LogP contribution is -2.13. The number of hydrogen-bond donors (Lipinski definition) is 0. The lowest BCUT2D eigenvalue weighted by molar-refractivity contribution is 0.392. The highest BCUT2D eigenvalue weighted by atomic mass is 32.2. The number of rotatable bonds is 4. The highest BCUT2D eigenvalue weighted by Crippen LogP contribution is 2.20. The zero-order chi connectivity index (χ0) is 13.3. The Hall–Kier alpha value is -1.63. The first-order valence-corrected chi connectivity index (χ1v) is 7.26. The molecule has 18 heavy (non-hydrogen) atoms. The van der Waals surface area contributed by atoms with Crippen molar-refractivity contribution in [2.24, 2.45) is 0 Å². The Morgan fingerprint density at radius 3 is 2.67 bits per heavy atom. The van der Waals surface area contributed by atoms with Crippen LogP contribution in [0.15, 0.2) is 22.1 Å². The Morgan fingerprint density at radius 2 is 2.11 bits per heavy atom. The van der Waals surface area contributed by atoms with Crippen LogP contribution in [0.5, 0.6) is 0 Å². The molecule has 98 valence electrons. The Morgan fingerprint density at radius 1 is 1.39 bits per heavy atom. The van der Waals surface area contributed by atoms with Crippen LogP contribution in [0.3, 0.4) is 0 Å². The summed E-state index contributed by atoms with van der Waals surface area (Å²) in [5.74, 6) is 0.399. The van der Waals surface area contributed by atoms with Crippen LogP contribution >= 0.6 is 0 Å². The highest BCUT2D eigenvalue weighted by Gasteiger charge is 2.24. The van der Waals surface area contributed by atoms with Gasteiger partial charge in [-0.05, 0) is 20.8 Å². The number of nitrogens with zero attached hydrogens (tertiary/aromatic N) is 3. The monoisotopic (exact) mass is 269 g/mol. The van der Waals surface area contributed by atoms with Crippen LogP contribution in [-0.4, -0.2) is 23.1 Å². The SMILES string of the molecule is CCn1ccnc1S(=O)(=O)Cc1c(C)noc1C. The van der Waals surface area contributed by atoms with E-state index in [-0.39, 0.29) is 10.9 Å². The first-order valence-electron chi connectivity index (χ1n) is 5.61. The van der Waals surface area contributed by atoms with Gasteiger partial charge < -0.3 is 9.09 Å². The van der Waals surface area contributed by atoms with Gasteiger partial charge in [0.1, 0.15) is 5.76 Å². The minimum atomic E-state index is -3.48. The molecule has 0 atom stereocenters. The van der Waals surface area contributed by atoms with Gasteiger partial charge in [0.25, 0.3) is 0 Å². The zero-order valence-electron chi connectivity index (χ0n) is 10.5. The number of sulfone groups is 1. The summed E-state index contributed by atoms with van der Waals surface area (Å²) < 4.78 is 31.2. The van der Waals surface area contributed by atoms with Crippen molar-refractivity contribution < 1.29 is 12.9 Å². The Kier molecular flexibility index (Phi) is 3.25. The molecule has 2 aromatic rings. The molecule has 6 nitrogen and oxygen atoms in total. The average molecular weight is 269 g/mol. The minimum absolute atomic E-state index is 0.0880. The van der Waals surface area contributed by atoms with Crippen molar-refractivity contribution in [3.63, 3.8) is 0 Å². The lowest BCUT2D eigenvalue weighted by atomic mass is 10.2. The molecule has 0 aromatic carbocycles. The van der Waals surface area contributed by atoms with E-state index in [4.69, 9.17) is 4.52 Å². The van der Waals surface area contributed by atoms with Crippen LogP contribution < -0.4 is 0 Å². The average Bonchev–Trinajstić information content (AvgIpc) is 2.91. The van der Waals surface area contributed by atoms with E-state index < -0.39 is 9.84 Å². The normalized spacial score (nSPS) is 11.9. The second-order valence-electron chi connectivity index (χ2n) is 4.06. The Balaban J connectivity index is 2.39. The van der Waals surface area contributed by atoms with E-state index in [9.17, 15) is 8.42 Å². The van der Waals surface area contributed by atoms with Gasteiger partial charge in [-0.15, -0.1) is 0 Å². The zero-order valence-corrected chi connectivity index (χ0v) is 11.4. The molecular formula is C11H15N3O3S. The van der Waals surface area contributed by atoms with Crippen molar-refractivity contribution >= 4 is 9.84 Å². The molecule has 2 heterocycles. The van der Waals surface area contributed by atoms with E-state index in [0.29, 0.717) is 23.6 Å². The van der Waals surface area contributed by atoms with Crippen LogP contribution in [0.2, 0.25) is 0 Å². The third-order valence-corrected chi connectivity index (χ3v) is 4.38. The van der Waals surface area contributed by atoms with Crippen LogP contribution in [0.1, 0.15) is 23.9 Å². The number of aryl methyl sites for hydroxylation is 3. The van der Waals surface area contributed by atoms with Crippen LogP contribution in [0, 0.1) is 13.8 Å². The van der Waals surface area contributed by atoms with Crippen molar-refractivity contribution in [1.29, 1.82) is 0 Å². The van der Waals surface area contributed by atoms with E-state index in [2.05, 4.69) is 10.1 Å². The molecule has 0 unspecified atom stereocenters. The van der Waals surface area contributed by atoms with Crippen LogP contribution in [-0.2, 0) is 22.1 Å². The van der Waals surface area contributed by atoms with Gasteiger partial charge in [0.05, 0.1) is 11.4 Å². The van der Waals surface area contributed by atoms with Crippen molar-refractivity contribution in [3.05, 3.63) is 29.4 Å². The first kappa shape index (κ1) is 12.8. The summed E-state index contributed by atoms with van der Waals surface area (Å²) in [6.07, 6.45) is 3.14. The van der Waals surface area contributed by atoms with Gasteiger partial charge >= 0.3 is 0 Å². The molecule has 0 radical (unpaired) electrons. The predicted octanol–water partition coefficient (Wildman–Crippen LogP) is 1.48. The molecule has 0 N–H and O–H groups in total. The second-order valence-corrected chi connectivity index (χ2v) is 5.94. The Labute approximate surface area is 106 Å². The van der Waals surface area contributed by atoms with Gasteiger partial charge in [-0.1, -0.05) is 5.16 Å². The van der Waals surface area contributed by atoms with Gasteiger partial charge in [-0.3, -0.25) is 0 Å². The first-order chi connectivity index (χ1) is 8.45. The summed E-state index contributed by atoms with van der Waals surface area (Å²) in [7, 11) is -3.48. The second kappa shape index (κ2) is 4.56. The van der Waals surface area contributed by atoms with Crippen molar-refractivity contribution in [2.45, 2.75) is 38.2 Å². The molecule has 0 saturated carbocycles.